The molecule has 0 unspecified atom stereocenters. The zero-order valence-electron chi connectivity index (χ0n) is 14.8. The van der Waals surface area contributed by atoms with Gasteiger partial charge in [0.2, 0.25) is 10.0 Å². The van der Waals surface area contributed by atoms with Crippen LogP contribution in [0.3, 0.4) is 0 Å². The summed E-state index contributed by atoms with van der Waals surface area (Å²) in [5.74, 6) is 0. The molecule has 1 aromatic carbocycles. The van der Waals surface area contributed by atoms with E-state index in [9.17, 15) is 13.2 Å². The molecular formula is C17H25BrN2O4S. The van der Waals surface area contributed by atoms with Gasteiger partial charge in [-0.15, -0.1) is 0 Å². The molecule has 0 bridgehead atoms. The highest BCUT2D eigenvalue weighted by molar-refractivity contribution is 9.08. The number of nitrogens with zero attached hydrogens (tertiary/aromatic N) is 1. The summed E-state index contributed by atoms with van der Waals surface area (Å²) in [5, 5.41) is 0.589. The fourth-order valence-corrected chi connectivity index (χ4v) is 4.19. The van der Waals surface area contributed by atoms with Crippen molar-refractivity contribution in [2.75, 3.05) is 13.1 Å². The maximum absolute atomic E-state index is 12.5. The molecule has 1 aromatic rings. The van der Waals surface area contributed by atoms with Gasteiger partial charge in [-0.25, -0.2) is 17.9 Å². The van der Waals surface area contributed by atoms with Crippen LogP contribution in [-0.2, 0) is 20.1 Å². The van der Waals surface area contributed by atoms with Gasteiger partial charge >= 0.3 is 6.09 Å². The Morgan fingerprint density at radius 2 is 2.12 bits per heavy atom. The lowest BCUT2D eigenvalue weighted by atomic mass is 10.2. The molecule has 1 saturated heterocycles. The summed E-state index contributed by atoms with van der Waals surface area (Å²) in [6.07, 6.45) is 1.20. The van der Waals surface area contributed by atoms with E-state index in [4.69, 9.17) is 4.74 Å². The second-order valence-electron chi connectivity index (χ2n) is 7.10. The van der Waals surface area contributed by atoms with E-state index in [1.54, 1.807) is 23.1 Å². The van der Waals surface area contributed by atoms with E-state index >= 15 is 0 Å². The molecule has 8 heteroatoms. The predicted molar refractivity (Wildman–Crippen MR) is 100 cm³/mol. The first-order valence-corrected chi connectivity index (χ1v) is 10.9. The number of hydrogen-bond acceptors (Lipinski definition) is 4. The molecule has 1 aliphatic rings. The van der Waals surface area contributed by atoms with Crippen LogP contribution in [0.5, 0.6) is 0 Å². The molecule has 2 rings (SSSR count). The molecule has 140 valence electrons. The molecule has 1 atom stereocenters. The quantitative estimate of drug-likeness (QED) is 0.724. The third-order valence-corrected chi connectivity index (χ3v) is 5.95. The maximum Gasteiger partial charge on any atom is 0.410 e. The van der Waals surface area contributed by atoms with Crippen molar-refractivity contribution in [3.63, 3.8) is 0 Å². The van der Waals surface area contributed by atoms with Crippen molar-refractivity contribution in [3.8, 4) is 0 Å². The van der Waals surface area contributed by atoms with E-state index < -0.39 is 21.7 Å². The molecular weight excluding hydrogens is 408 g/mol. The fourth-order valence-electron chi connectivity index (χ4n) is 2.69. The summed E-state index contributed by atoms with van der Waals surface area (Å²) < 4.78 is 33.0. The Kier molecular flexibility index (Phi) is 6.51. The number of likely N-dealkylation sites (tertiary alicyclic amines) is 1. The second-order valence-corrected chi connectivity index (χ2v) is 9.43. The van der Waals surface area contributed by atoms with Crippen molar-refractivity contribution < 1.29 is 17.9 Å². The molecule has 1 N–H and O–H groups in total. The zero-order valence-corrected chi connectivity index (χ0v) is 17.2. The number of nitrogens with one attached hydrogen (secondary N) is 1. The highest BCUT2D eigenvalue weighted by Gasteiger charge is 2.32. The second kappa shape index (κ2) is 8.05. The van der Waals surface area contributed by atoms with Crippen LogP contribution >= 0.6 is 15.9 Å². The number of alkyl halides is 1. The minimum atomic E-state index is -3.61. The number of hydrogen-bond donors (Lipinski definition) is 1. The first kappa shape index (κ1) is 20.2. The lowest BCUT2D eigenvalue weighted by molar-refractivity contribution is 0.0229. The number of ether oxygens (including phenoxy) is 1. The van der Waals surface area contributed by atoms with Crippen molar-refractivity contribution in [3.05, 3.63) is 29.8 Å². The maximum atomic E-state index is 12.5. The van der Waals surface area contributed by atoms with Crippen molar-refractivity contribution >= 4 is 32.0 Å². The average Bonchev–Trinajstić information content (AvgIpc) is 3.00. The van der Waals surface area contributed by atoms with Gasteiger partial charge in [-0.1, -0.05) is 28.1 Å². The van der Waals surface area contributed by atoms with E-state index in [2.05, 4.69) is 20.7 Å². The fraction of sp³-hybridized carbons (Fsp3) is 0.588. The average molecular weight is 433 g/mol. The molecule has 0 radical (unpaired) electrons. The van der Waals surface area contributed by atoms with Crippen molar-refractivity contribution in [1.29, 1.82) is 0 Å². The highest BCUT2D eigenvalue weighted by Crippen LogP contribution is 2.21. The number of benzene rings is 1. The highest BCUT2D eigenvalue weighted by atomic mass is 79.9. The lowest BCUT2D eigenvalue weighted by Gasteiger charge is -2.28. The van der Waals surface area contributed by atoms with Crippen LogP contribution in [0.2, 0.25) is 0 Å². The Labute approximate surface area is 158 Å². The summed E-state index contributed by atoms with van der Waals surface area (Å²) in [7, 11) is -3.61. The van der Waals surface area contributed by atoms with Crippen molar-refractivity contribution in [1.82, 2.24) is 9.62 Å². The standard InChI is InChI=1S/C17H25BrN2O4S/c1-17(2,3)24-16(21)20-9-5-7-14(20)12-19-25(22,23)15-8-4-6-13(10-15)11-18/h4,6,8,10,14,19H,5,7,9,11-12H2,1-3H3/t14-/m0/s1. The number of halogens is 1. The first-order chi connectivity index (χ1) is 11.6. The van der Waals surface area contributed by atoms with Gasteiger partial charge in [0.05, 0.1) is 4.90 Å². The molecule has 0 aliphatic carbocycles. The normalized spacial score (nSPS) is 18.4. The van der Waals surface area contributed by atoms with Gasteiger partial charge in [-0.3, -0.25) is 0 Å². The molecule has 1 aliphatic heterocycles. The van der Waals surface area contributed by atoms with Crippen LogP contribution in [-0.4, -0.2) is 44.1 Å². The third-order valence-electron chi connectivity index (χ3n) is 3.88. The van der Waals surface area contributed by atoms with E-state index in [0.717, 1.165) is 18.4 Å². The first-order valence-electron chi connectivity index (χ1n) is 8.26. The Morgan fingerprint density at radius 1 is 1.40 bits per heavy atom. The molecule has 25 heavy (non-hydrogen) atoms. The number of rotatable bonds is 5. The van der Waals surface area contributed by atoms with E-state index in [1.807, 2.05) is 26.8 Å². The topological polar surface area (TPSA) is 75.7 Å². The van der Waals surface area contributed by atoms with E-state index in [-0.39, 0.29) is 17.5 Å². The van der Waals surface area contributed by atoms with E-state index in [1.165, 1.54) is 0 Å². The van der Waals surface area contributed by atoms with Crippen LogP contribution < -0.4 is 4.72 Å². The molecule has 6 nitrogen and oxygen atoms in total. The van der Waals surface area contributed by atoms with Crippen LogP contribution in [0.1, 0.15) is 39.2 Å². The largest absolute Gasteiger partial charge is 0.444 e. The SMILES string of the molecule is CC(C)(C)OC(=O)N1CCC[C@H]1CNS(=O)(=O)c1cccc(CBr)c1. The van der Waals surface area contributed by atoms with Gasteiger partial charge in [-0.05, 0) is 51.3 Å². The number of carbonyl (C=O) groups excluding carboxylic acids is 1. The molecule has 1 fully saturated rings. The summed E-state index contributed by atoms with van der Waals surface area (Å²) in [6, 6.07) is 6.58. The van der Waals surface area contributed by atoms with Gasteiger partial charge in [-0.2, -0.15) is 0 Å². The molecule has 1 amide bonds. The van der Waals surface area contributed by atoms with Crippen LogP contribution in [0.4, 0.5) is 4.79 Å². The summed E-state index contributed by atoms with van der Waals surface area (Å²) in [6.45, 7) is 6.21. The van der Waals surface area contributed by atoms with Gasteiger partial charge in [0.1, 0.15) is 5.60 Å². The van der Waals surface area contributed by atoms with Gasteiger partial charge in [0.15, 0.2) is 0 Å². The molecule has 0 spiro atoms. The molecule has 0 saturated carbocycles. The third kappa shape index (κ3) is 5.69. The molecule has 1 heterocycles. The summed E-state index contributed by atoms with van der Waals surface area (Å²) in [4.78, 5) is 14.1. The minimum Gasteiger partial charge on any atom is -0.444 e. The van der Waals surface area contributed by atoms with E-state index in [0.29, 0.717) is 11.9 Å². The predicted octanol–water partition coefficient (Wildman–Crippen LogP) is 3.26. The van der Waals surface area contributed by atoms with Crippen LogP contribution in [0, 0.1) is 0 Å². The van der Waals surface area contributed by atoms with Crippen molar-refractivity contribution in [2.24, 2.45) is 0 Å². The summed E-state index contributed by atoms with van der Waals surface area (Å²) in [5.41, 5.74) is 0.318. The number of carbonyl (C=O) groups is 1. The smallest absolute Gasteiger partial charge is 0.410 e. The van der Waals surface area contributed by atoms with Gasteiger partial charge in [0.25, 0.3) is 0 Å². The summed E-state index contributed by atoms with van der Waals surface area (Å²) >= 11 is 3.33. The van der Waals surface area contributed by atoms with Gasteiger partial charge < -0.3 is 9.64 Å². The Morgan fingerprint density at radius 3 is 2.76 bits per heavy atom. The Balaban J connectivity index is 2.02. The zero-order chi connectivity index (χ0) is 18.7. The monoisotopic (exact) mass is 432 g/mol. The van der Waals surface area contributed by atoms with Crippen LogP contribution in [0.25, 0.3) is 0 Å². The molecule has 0 aromatic heterocycles. The number of sulfonamides is 1. The van der Waals surface area contributed by atoms with Crippen LogP contribution in [0.15, 0.2) is 29.2 Å². The Hall–Kier alpha value is -1.12. The number of amides is 1. The van der Waals surface area contributed by atoms with Crippen molar-refractivity contribution in [2.45, 2.75) is 55.5 Å². The minimum absolute atomic E-state index is 0.181. The Bertz CT molecular complexity index is 716. The lowest BCUT2D eigenvalue weighted by Crippen LogP contribution is -2.45. The van der Waals surface area contributed by atoms with Gasteiger partial charge in [0, 0.05) is 24.5 Å².